The molecule has 4 aliphatic rings. The molecule has 7 heteroatoms. The summed E-state index contributed by atoms with van der Waals surface area (Å²) in [5.41, 5.74) is 0.107. The molecule has 25 heavy (non-hydrogen) atoms. The van der Waals surface area contributed by atoms with Crippen molar-refractivity contribution in [3.8, 4) is 0 Å². The van der Waals surface area contributed by atoms with Crippen molar-refractivity contribution in [1.82, 2.24) is 14.8 Å². The fraction of sp³-hybridized carbons (Fsp3) is 0.667. The summed E-state index contributed by atoms with van der Waals surface area (Å²) < 4.78 is 5.50. The summed E-state index contributed by atoms with van der Waals surface area (Å²) in [6.07, 6.45) is 5.88. The fourth-order valence-electron chi connectivity index (χ4n) is 4.46. The first-order valence-corrected chi connectivity index (χ1v) is 9.50. The van der Waals surface area contributed by atoms with Crippen molar-refractivity contribution in [2.75, 3.05) is 32.8 Å². The minimum Gasteiger partial charge on any atom is -0.381 e. The summed E-state index contributed by atoms with van der Waals surface area (Å²) in [5.74, 6) is 0.491. The van der Waals surface area contributed by atoms with Gasteiger partial charge in [-0.25, -0.2) is 0 Å². The molecule has 1 aromatic rings. The second-order valence-electron chi connectivity index (χ2n) is 7.42. The van der Waals surface area contributed by atoms with Gasteiger partial charge in [-0.15, -0.1) is 0 Å². The maximum absolute atomic E-state index is 13.0. The van der Waals surface area contributed by atoms with Gasteiger partial charge in [0.25, 0.3) is 11.5 Å². The van der Waals surface area contributed by atoms with E-state index in [0.29, 0.717) is 17.5 Å². The molecule has 4 saturated heterocycles. The van der Waals surface area contributed by atoms with Gasteiger partial charge < -0.3 is 14.6 Å². The molecule has 5 rings (SSSR count). The highest BCUT2D eigenvalue weighted by Crippen LogP contribution is 2.31. The Morgan fingerprint density at radius 2 is 1.92 bits per heavy atom. The van der Waals surface area contributed by atoms with Crippen LogP contribution in [0.1, 0.15) is 36.0 Å². The Labute approximate surface area is 152 Å². The lowest BCUT2D eigenvalue weighted by Crippen LogP contribution is -2.48. The molecule has 6 nitrogen and oxygen atoms in total. The van der Waals surface area contributed by atoms with Crippen LogP contribution in [0.15, 0.2) is 17.1 Å². The van der Waals surface area contributed by atoms with Gasteiger partial charge in [0.1, 0.15) is 5.02 Å². The number of amides is 1. The first kappa shape index (κ1) is 17.1. The number of hydrogen-bond acceptors (Lipinski definition) is 4. The minimum absolute atomic E-state index is 0.0262. The highest BCUT2D eigenvalue weighted by atomic mass is 35.5. The molecule has 1 N–H and O–H groups in total. The van der Waals surface area contributed by atoms with Crippen LogP contribution in [0, 0.1) is 5.92 Å². The Hall–Kier alpha value is -1.37. The molecule has 1 aromatic heterocycles. The Bertz CT molecular complexity index is 701. The number of fused-ring (bicyclic) bond motifs is 4. The van der Waals surface area contributed by atoms with Crippen molar-refractivity contribution in [2.24, 2.45) is 5.92 Å². The summed E-state index contributed by atoms with van der Waals surface area (Å²) in [6.45, 7) is 4.48. The average molecular weight is 366 g/mol. The van der Waals surface area contributed by atoms with E-state index >= 15 is 0 Å². The monoisotopic (exact) mass is 365 g/mol. The molecule has 0 aromatic carbocycles. The summed E-state index contributed by atoms with van der Waals surface area (Å²) in [7, 11) is 0. The molecular formula is C18H24ClN3O3. The molecule has 4 aliphatic heterocycles. The van der Waals surface area contributed by atoms with E-state index in [0.717, 1.165) is 52.1 Å². The summed E-state index contributed by atoms with van der Waals surface area (Å²) in [5, 5.41) is 0.0645. The maximum Gasteiger partial charge on any atom is 0.266 e. The molecule has 0 unspecified atom stereocenters. The number of hydrogen-bond donors (Lipinski definition) is 1. The molecule has 0 radical (unpaired) electrons. The number of aromatic nitrogens is 1. The number of halogens is 1. The van der Waals surface area contributed by atoms with Crippen molar-refractivity contribution in [2.45, 2.75) is 37.8 Å². The van der Waals surface area contributed by atoms with Gasteiger partial charge in [0, 0.05) is 51.1 Å². The first-order valence-electron chi connectivity index (χ1n) is 9.13. The van der Waals surface area contributed by atoms with Crippen LogP contribution in [0.2, 0.25) is 5.02 Å². The molecule has 136 valence electrons. The van der Waals surface area contributed by atoms with Crippen molar-refractivity contribution in [1.29, 1.82) is 0 Å². The largest absolute Gasteiger partial charge is 0.381 e. The van der Waals surface area contributed by atoms with Gasteiger partial charge in [0.2, 0.25) is 0 Å². The van der Waals surface area contributed by atoms with Gasteiger partial charge in [-0.05, 0) is 37.7 Å². The van der Waals surface area contributed by atoms with Crippen LogP contribution in [-0.2, 0) is 4.74 Å². The first-order chi connectivity index (χ1) is 12.1. The van der Waals surface area contributed by atoms with Crippen LogP contribution in [0.3, 0.4) is 0 Å². The lowest BCUT2D eigenvalue weighted by atomic mass is 9.94. The lowest BCUT2D eigenvalue weighted by Gasteiger charge is -2.37. The molecular weight excluding hydrogens is 342 g/mol. The van der Waals surface area contributed by atoms with Gasteiger partial charge in [0.15, 0.2) is 0 Å². The molecule has 0 spiro atoms. The second-order valence-corrected chi connectivity index (χ2v) is 7.82. The van der Waals surface area contributed by atoms with Crippen LogP contribution in [-0.4, -0.2) is 65.6 Å². The Morgan fingerprint density at radius 3 is 2.68 bits per heavy atom. The number of rotatable bonds is 2. The van der Waals surface area contributed by atoms with Crippen LogP contribution in [0.5, 0.6) is 0 Å². The van der Waals surface area contributed by atoms with Crippen LogP contribution in [0.4, 0.5) is 0 Å². The highest BCUT2D eigenvalue weighted by molar-refractivity contribution is 6.30. The van der Waals surface area contributed by atoms with Crippen LogP contribution < -0.4 is 5.56 Å². The quantitative estimate of drug-likeness (QED) is 0.867. The topological polar surface area (TPSA) is 65.6 Å². The molecule has 0 aliphatic carbocycles. The summed E-state index contributed by atoms with van der Waals surface area (Å²) in [4.78, 5) is 31.6. The fourth-order valence-corrected chi connectivity index (χ4v) is 4.63. The van der Waals surface area contributed by atoms with Crippen molar-refractivity contribution >= 4 is 17.5 Å². The van der Waals surface area contributed by atoms with Crippen molar-refractivity contribution < 1.29 is 9.53 Å². The number of aromatic amines is 1. The predicted octanol–water partition coefficient (Wildman–Crippen LogP) is 1.74. The average Bonchev–Trinajstić information content (AvgIpc) is 2.96. The standard InChI is InChI=1S/C18H24ClN3O3/c19-16-7-13(8-20-17(16)23)18(24)22-10-12-1-2-15(22)11-21(9-12)14-3-5-25-6-4-14/h7-8,12,14-15H,1-6,9-11H2,(H,20,23)/t12-,15+/m0/s1. The van der Waals surface area contributed by atoms with Gasteiger partial charge in [0.05, 0.1) is 5.56 Å². The molecule has 4 fully saturated rings. The number of carbonyl (C=O) groups excluding carboxylic acids is 1. The Balaban J connectivity index is 1.52. The van der Waals surface area contributed by atoms with Crippen molar-refractivity contribution in [3.63, 3.8) is 0 Å². The third kappa shape index (κ3) is 3.48. The number of pyridine rings is 1. The van der Waals surface area contributed by atoms with Gasteiger partial charge in [-0.3, -0.25) is 14.5 Å². The van der Waals surface area contributed by atoms with Gasteiger partial charge in [-0.1, -0.05) is 11.6 Å². The lowest BCUT2D eigenvalue weighted by molar-refractivity contribution is 0.0304. The third-order valence-electron chi connectivity index (χ3n) is 5.81. The van der Waals surface area contributed by atoms with E-state index in [1.54, 1.807) is 0 Å². The van der Waals surface area contributed by atoms with E-state index in [-0.39, 0.29) is 22.5 Å². The second kappa shape index (κ2) is 7.09. The van der Waals surface area contributed by atoms with E-state index in [1.807, 2.05) is 4.90 Å². The number of ether oxygens (including phenoxy) is 1. The Morgan fingerprint density at radius 1 is 1.12 bits per heavy atom. The Kier molecular flexibility index (Phi) is 4.84. The van der Waals surface area contributed by atoms with Crippen LogP contribution in [0.25, 0.3) is 0 Å². The van der Waals surface area contributed by atoms with Crippen molar-refractivity contribution in [3.05, 3.63) is 33.2 Å². The smallest absolute Gasteiger partial charge is 0.266 e. The number of nitrogens with zero attached hydrogens (tertiary/aromatic N) is 2. The number of carbonyl (C=O) groups is 1. The minimum atomic E-state index is -0.360. The predicted molar refractivity (Wildman–Crippen MR) is 95.0 cm³/mol. The molecule has 2 atom stereocenters. The molecule has 5 heterocycles. The molecule has 1 amide bonds. The maximum atomic E-state index is 13.0. The van der Waals surface area contributed by atoms with E-state index in [4.69, 9.17) is 16.3 Å². The zero-order chi connectivity index (χ0) is 17.4. The highest BCUT2D eigenvalue weighted by Gasteiger charge is 2.39. The normalized spacial score (nSPS) is 28.1. The SMILES string of the molecule is O=C(c1c[nH]c(=O)c(Cl)c1)N1C[C@H]2CC[C@@H]1CN(C1CCOCC1)C2. The summed E-state index contributed by atoms with van der Waals surface area (Å²) in [6, 6.07) is 2.30. The zero-order valence-electron chi connectivity index (χ0n) is 14.2. The van der Waals surface area contributed by atoms with Gasteiger partial charge in [-0.2, -0.15) is 0 Å². The zero-order valence-corrected chi connectivity index (χ0v) is 15.0. The van der Waals surface area contributed by atoms with E-state index in [2.05, 4.69) is 9.88 Å². The number of nitrogens with one attached hydrogen (secondary N) is 1. The number of H-pyrrole nitrogens is 1. The molecule has 0 saturated carbocycles. The van der Waals surface area contributed by atoms with Crippen LogP contribution >= 0.6 is 11.6 Å². The van der Waals surface area contributed by atoms with Gasteiger partial charge >= 0.3 is 0 Å². The van der Waals surface area contributed by atoms with E-state index < -0.39 is 0 Å². The third-order valence-corrected chi connectivity index (χ3v) is 6.10. The molecule has 2 bridgehead atoms. The van der Waals surface area contributed by atoms with E-state index in [9.17, 15) is 9.59 Å². The van der Waals surface area contributed by atoms with E-state index in [1.165, 1.54) is 18.7 Å². The number of piperidine rings is 1. The summed E-state index contributed by atoms with van der Waals surface area (Å²) >= 11 is 5.90.